The number of rotatable bonds is 5. The summed E-state index contributed by atoms with van der Waals surface area (Å²) >= 11 is 5.30. The molecule has 5 nitrogen and oxygen atoms in total. The van der Waals surface area contributed by atoms with Crippen molar-refractivity contribution in [2.75, 3.05) is 5.32 Å². The second kappa shape index (κ2) is 7.41. The zero-order valence-electron chi connectivity index (χ0n) is 14.1. The van der Waals surface area contributed by atoms with Crippen LogP contribution in [-0.4, -0.2) is 14.9 Å². The van der Waals surface area contributed by atoms with E-state index < -0.39 is 0 Å². The van der Waals surface area contributed by atoms with Crippen molar-refractivity contribution in [1.82, 2.24) is 15.1 Å². The van der Waals surface area contributed by atoms with E-state index in [1.165, 1.54) is 16.3 Å². The zero-order chi connectivity index (χ0) is 17.8. The number of anilines is 1. The minimum atomic E-state index is 0.511. The highest BCUT2D eigenvalue weighted by atomic mass is 32.1. The molecule has 2 N–H and O–H groups in total. The lowest BCUT2D eigenvalue weighted by molar-refractivity contribution is 0.503. The van der Waals surface area contributed by atoms with Gasteiger partial charge in [-0.25, -0.2) is 0 Å². The molecule has 0 saturated carbocycles. The molecule has 130 valence electrons. The minimum absolute atomic E-state index is 0.511. The van der Waals surface area contributed by atoms with Crippen LogP contribution in [0.3, 0.4) is 0 Å². The molecule has 0 amide bonds. The van der Waals surface area contributed by atoms with Gasteiger partial charge in [0, 0.05) is 12.3 Å². The van der Waals surface area contributed by atoms with E-state index in [0.29, 0.717) is 24.0 Å². The van der Waals surface area contributed by atoms with E-state index in [1.807, 2.05) is 29.1 Å². The largest absolute Gasteiger partial charge is 0.467 e. The van der Waals surface area contributed by atoms with Gasteiger partial charge in [0.15, 0.2) is 10.9 Å². The highest BCUT2D eigenvalue weighted by Gasteiger charge is 2.05. The standard InChI is InChI=1S/C20H18N4OS/c26-20(21-13-17-8-4-12-25-17)22-19-10-11-24(23-19)14-16-7-3-6-15-5-1-2-9-18(15)16/h1-12H,13-14H2,(H2,21,22,23,26). The fourth-order valence-corrected chi connectivity index (χ4v) is 3.04. The molecule has 4 aromatic rings. The lowest BCUT2D eigenvalue weighted by atomic mass is 10.0. The molecule has 6 heteroatoms. The smallest absolute Gasteiger partial charge is 0.172 e. The molecule has 4 rings (SSSR count). The Hall–Kier alpha value is -3.12. The summed E-state index contributed by atoms with van der Waals surface area (Å²) in [5.41, 5.74) is 1.23. The molecule has 0 bridgehead atoms. The summed E-state index contributed by atoms with van der Waals surface area (Å²) < 4.78 is 7.17. The molecule has 0 aliphatic rings. The number of benzene rings is 2. The summed E-state index contributed by atoms with van der Waals surface area (Å²) in [4.78, 5) is 0. The number of fused-ring (bicyclic) bond motifs is 1. The van der Waals surface area contributed by atoms with E-state index in [2.05, 4.69) is 58.2 Å². The molecular weight excluding hydrogens is 344 g/mol. The molecule has 0 saturated heterocycles. The van der Waals surface area contributed by atoms with Crippen molar-refractivity contribution in [2.45, 2.75) is 13.1 Å². The van der Waals surface area contributed by atoms with Crippen molar-refractivity contribution >= 4 is 33.9 Å². The Morgan fingerprint density at radius 2 is 1.92 bits per heavy atom. The van der Waals surface area contributed by atoms with Crippen LogP contribution in [0.15, 0.2) is 77.5 Å². The van der Waals surface area contributed by atoms with E-state index in [1.54, 1.807) is 6.26 Å². The number of thiocarbonyl (C=S) groups is 1. The van der Waals surface area contributed by atoms with Crippen LogP contribution in [0, 0.1) is 0 Å². The average molecular weight is 362 g/mol. The summed E-state index contributed by atoms with van der Waals surface area (Å²) in [6, 6.07) is 20.4. The van der Waals surface area contributed by atoms with Gasteiger partial charge >= 0.3 is 0 Å². The summed E-state index contributed by atoms with van der Waals surface area (Å²) in [5.74, 6) is 1.54. The van der Waals surface area contributed by atoms with Crippen LogP contribution in [0.2, 0.25) is 0 Å². The zero-order valence-corrected chi connectivity index (χ0v) is 14.9. The van der Waals surface area contributed by atoms with Gasteiger partial charge in [-0.05, 0) is 40.7 Å². The van der Waals surface area contributed by atoms with Gasteiger partial charge in [0.2, 0.25) is 0 Å². The fourth-order valence-electron chi connectivity index (χ4n) is 2.86. The fraction of sp³-hybridized carbons (Fsp3) is 0.100. The van der Waals surface area contributed by atoms with Crippen LogP contribution in [0.25, 0.3) is 10.8 Å². The maximum atomic E-state index is 5.30. The molecule has 0 atom stereocenters. The first-order valence-electron chi connectivity index (χ1n) is 8.35. The third-order valence-electron chi connectivity index (χ3n) is 4.10. The monoisotopic (exact) mass is 362 g/mol. The molecule has 0 radical (unpaired) electrons. The Kier molecular flexibility index (Phi) is 4.66. The second-order valence-electron chi connectivity index (χ2n) is 5.92. The average Bonchev–Trinajstić information content (AvgIpc) is 3.32. The molecule has 0 spiro atoms. The van der Waals surface area contributed by atoms with E-state index in [0.717, 1.165) is 5.76 Å². The minimum Gasteiger partial charge on any atom is -0.467 e. The molecule has 0 aliphatic carbocycles. The van der Waals surface area contributed by atoms with Crippen molar-refractivity contribution in [1.29, 1.82) is 0 Å². The van der Waals surface area contributed by atoms with E-state index in [9.17, 15) is 0 Å². The molecule has 2 heterocycles. The second-order valence-corrected chi connectivity index (χ2v) is 6.33. The molecule has 0 aliphatic heterocycles. The van der Waals surface area contributed by atoms with Crippen molar-refractivity contribution in [3.8, 4) is 0 Å². The lowest BCUT2D eigenvalue weighted by Crippen LogP contribution is -2.27. The Bertz CT molecular complexity index is 1020. The third-order valence-corrected chi connectivity index (χ3v) is 4.34. The first-order chi connectivity index (χ1) is 12.8. The summed E-state index contributed by atoms with van der Waals surface area (Å²) in [7, 11) is 0. The molecule has 2 aromatic heterocycles. The van der Waals surface area contributed by atoms with Crippen LogP contribution in [0.1, 0.15) is 11.3 Å². The van der Waals surface area contributed by atoms with Gasteiger partial charge in [-0.15, -0.1) is 0 Å². The maximum absolute atomic E-state index is 5.30. The van der Waals surface area contributed by atoms with Crippen LogP contribution >= 0.6 is 12.2 Å². The van der Waals surface area contributed by atoms with Crippen molar-refractivity contribution < 1.29 is 4.42 Å². The molecule has 26 heavy (non-hydrogen) atoms. The Morgan fingerprint density at radius 1 is 1.04 bits per heavy atom. The summed E-state index contributed by atoms with van der Waals surface area (Å²) in [6.07, 6.45) is 3.59. The first-order valence-corrected chi connectivity index (χ1v) is 8.76. The van der Waals surface area contributed by atoms with Crippen molar-refractivity contribution in [3.05, 3.63) is 84.4 Å². The van der Waals surface area contributed by atoms with Crippen LogP contribution in [0.4, 0.5) is 5.82 Å². The maximum Gasteiger partial charge on any atom is 0.172 e. The summed E-state index contributed by atoms with van der Waals surface area (Å²) in [6.45, 7) is 1.24. The topological polar surface area (TPSA) is 55.0 Å². The first kappa shape index (κ1) is 16.4. The van der Waals surface area contributed by atoms with Crippen LogP contribution in [-0.2, 0) is 13.1 Å². The molecular formula is C20H18N4OS. The Balaban J connectivity index is 1.40. The SMILES string of the molecule is S=C(NCc1ccco1)Nc1ccn(Cc2cccc3ccccc23)n1. The van der Waals surface area contributed by atoms with Crippen molar-refractivity contribution in [2.24, 2.45) is 0 Å². The van der Waals surface area contributed by atoms with Crippen LogP contribution in [0.5, 0.6) is 0 Å². The number of nitrogens with zero attached hydrogens (tertiary/aromatic N) is 2. The molecule has 2 aromatic carbocycles. The van der Waals surface area contributed by atoms with Gasteiger partial charge in [0.1, 0.15) is 5.76 Å². The highest BCUT2D eigenvalue weighted by molar-refractivity contribution is 7.80. The Labute approximate surface area is 156 Å². The number of aromatic nitrogens is 2. The molecule has 0 unspecified atom stereocenters. The van der Waals surface area contributed by atoms with Crippen molar-refractivity contribution in [3.63, 3.8) is 0 Å². The van der Waals surface area contributed by atoms with Gasteiger partial charge in [-0.1, -0.05) is 42.5 Å². The predicted molar refractivity (Wildman–Crippen MR) is 107 cm³/mol. The van der Waals surface area contributed by atoms with Gasteiger partial charge in [0.05, 0.1) is 19.4 Å². The van der Waals surface area contributed by atoms with Gasteiger partial charge < -0.3 is 15.1 Å². The number of hydrogen-bond donors (Lipinski definition) is 2. The van der Waals surface area contributed by atoms with Gasteiger partial charge in [0.25, 0.3) is 0 Å². The van der Waals surface area contributed by atoms with Crippen LogP contribution < -0.4 is 10.6 Å². The van der Waals surface area contributed by atoms with E-state index in [4.69, 9.17) is 16.6 Å². The predicted octanol–water partition coefficient (Wildman–Crippen LogP) is 4.16. The normalized spacial score (nSPS) is 10.8. The highest BCUT2D eigenvalue weighted by Crippen LogP contribution is 2.19. The number of furan rings is 1. The lowest BCUT2D eigenvalue weighted by Gasteiger charge is -2.08. The van der Waals surface area contributed by atoms with E-state index >= 15 is 0 Å². The number of hydrogen-bond acceptors (Lipinski definition) is 3. The summed E-state index contributed by atoms with van der Waals surface area (Å²) in [5, 5.41) is 13.7. The third kappa shape index (κ3) is 3.75. The quantitative estimate of drug-likeness (QED) is 0.522. The number of nitrogens with one attached hydrogen (secondary N) is 2. The van der Waals surface area contributed by atoms with Gasteiger partial charge in [-0.2, -0.15) is 5.10 Å². The van der Waals surface area contributed by atoms with Gasteiger partial charge in [-0.3, -0.25) is 4.68 Å². The molecule has 0 fully saturated rings. The van der Waals surface area contributed by atoms with E-state index in [-0.39, 0.29) is 0 Å². The Morgan fingerprint density at radius 3 is 2.81 bits per heavy atom.